The molecule has 1 saturated heterocycles. The molecule has 0 aliphatic carbocycles. The van der Waals surface area contributed by atoms with E-state index >= 15 is 0 Å². The summed E-state index contributed by atoms with van der Waals surface area (Å²) in [5.74, 6) is 0.124. The predicted octanol–water partition coefficient (Wildman–Crippen LogP) is 1.96. The highest BCUT2D eigenvalue weighted by molar-refractivity contribution is 5.84. The first-order chi connectivity index (χ1) is 11.1. The van der Waals surface area contributed by atoms with E-state index in [-0.39, 0.29) is 5.91 Å². The highest BCUT2D eigenvalue weighted by Gasteiger charge is 2.45. The normalized spacial score (nSPS) is 22.0. The number of hydrogen-bond donors (Lipinski definition) is 0. The van der Waals surface area contributed by atoms with Crippen LogP contribution in [0.4, 0.5) is 0 Å². The van der Waals surface area contributed by atoms with Crippen LogP contribution in [0.2, 0.25) is 0 Å². The minimum Gasteiger partial charge on any atom is -0.347 e. The second-order valence-electron chi connectivity index (χ2n) is 6.48. The van der Waals surface area contributed by atoms with Gasteiger partial charge in [-0.2, -0.15) is 5.10 Å². The van der Waals surface area contributed by atoms with Gasteiger partial charge in [0.15, 0.2) is 5.54 Å². The average molecular weight is 312 g/mol. The van der Waals surface area contributed by atoms with E-state index in [1.54, 1.807) is 11.1 Å². The summed E-state index contributed by atoms with van der Waals surface area (Å²) in [5, 5.41) is 4.40. The molecule has 0 radical (unpaired) electrons. The Morgan fingerprint density at radius 2 is 2.04 bits per heavy atom. The van der Waals surface area contributed by atoms with Gasteiger partial charge in [0.1, 0.15) is 0 Å². The molecule has 1 unspecified atom stereocenters. The van der Waals surface area contributed by atoms with Crippen molar-refractivity contribution in [1.29, 1.82) is 0 Å². The monoisotopic (exact) mass is 312 g/mol. The van der Waals surface area contributed by atoms with Gasteiger partial charge in [0, 0.05) is 39.6 Å². The van der Waals surface area contributed by atoms with Crippen LogP contribution < -0.4 is 0 Å². The number of benzene rings is 1. The zero-order valence-electron chi connectivity index (χ0n) is 13.9. The molecule has 1 aromatic carbocycles. The van der Waals surface area contributed by atoms with Gasteiger partial charge in [-0.3, -0.25) is 14.4 Å². The molecule has 1 fully saturated rings. The number of amides is 1. The van der Waals surface area contributed by atoms with E-state index in [0.717, 1.165) is 25.9 Å². The van der Waals surface area contributed by atoms with Gasteiger partial charge in [0.25, 0.3) is 5.91 Å². The summed E-state index contributed by atoms with van der Waals surface area (Å²) in [7, 11) is 3.65. The minimum atomic E-state index is -0.597. The molecule has 1 aromatic heterocycles. The van der Waals surface area contributed by atoms with Crippen molar-refractivity contribution in [3.8, 4) is 0 Å². The Balaban J connectivity index is 1.86. The maximum atomic E-state index is 13.0. The van der Waals surface area contributed by atoms with Crippen molar-refractivity contribution in [1.82, 2.24) is 19.6 Å². The summed E-state index contributed by atoms with van der Waals surface area (Å²) < 4.78 is 1.85. The van der Waals surface area contributed by atoms with E-state index in [1.807, 2.05) is 37.1 Å². The number of rotatable bonds is 4. The van der Waals surface area contributed by atoms with Gasteiger partial charge in [-0.25, -0.2) is 0 Å². The molecule has 1 aliphatic rings. The summed E-state index contributed by atoms with van der Waals surface area (Å²) in [6, 6.07) is 12.3. The van der Waals surface area contributed by atoms with Gasteiger partial charge in [-0.05, 0) is 31.0 Å². The standard InChI is InChI=1S/C18H24N4O/c1-20(2)17(23)18(22-13-7-11-19-22)10-6-12-21(15-18)14-16-8-4-3-5-9-16/h3-5,7-9,11,13H,6,10,12,14-15H2,1-2H3. The highest BCUT2D eigenvalue weighted by Crippen LogP contribution is 2.31. The van der Waals surface area contributed by atoms with Crippen molar-refractivity contribution in [2.75, 3.05) is 27.2 Å². The molecule has 1 atom stereocenters. The molecule has 2 heterocycles. The van der Waals surface area contributed by atoms with Crippen molar-refractivity contribution in [3.05, 3.63) is 54.4 Å². The van der Waals surface area contributed by atoms with Gasteiger partial charge in [-0.15, -0.1) is 0 Å². The first-order valence-electron chi connectivity index (χ1n) is 8.10. The highest BCUT2D eigenvalue weighted by atomic mass is 16.2. The lowest BCUT2D eigenvalue weighted by atomic mass is 9.87. The molecule has 1 aliphatic heterocycles. The molecule has 2 aromatic rings. The number of carbonyl (C=O) groups excluding carboxylic acids is 1. The van der Waals surface area contributed by atoms with Crippen molar-refractivity contribution in [3.63, 3.8) is 0 Å². The Kier molecular flexibility index (Phi) is 4.48. The molecular weight excluding hydrogens is 288 g/mol. The van der Waals surface area contributed by atoms with Crippen LogP contribution in [-0.2, 0) is 16.9 Å². The number of likely N-dealkylation sites (tertiary alicyclic amines) is 1. The van der Waals surface area contributed by atoms with Crippen molar-refractivity contribution in [2.24, 2.45) is 0 Å². The maximum Gasteiger partial charge on any atom is 0.251 e. The van der Waals surface area contributed by atoms with Crippen LogP contribution in [0, 0.1) is 0 Å². The molecule has 0 bridgehead atoms. The molecule has 0 N–H and O–H groups in total. The molecule has 1 amide bonds. The van der Waals surface area contributed by atoms with Gasteiger partial charge >= 0.3 is 0 Å². The number of nitrogens with zero attached hydrogens (tertiary/aromatic N) is 4. The first kappa shape index (κ1) is 15.7. The minimum absolute atomic E-state index is 0.124. The van der Waals surface area contributed by atoms with Gasteiger partial charge in [0.05, 0.1) is 0 Å². The molecule has 23 heavy (non-hydrogen) atoms. The Morgan fingerprint density at radius 3 is 2.70 bits per heavy atom. The quantitative estimate of drug-likeness (QED) is 0.866. The number of aromatic nitrogens is 2. The van der Waals surface area contributed by atoms with E-state index in [2.05, 4.69) is 34.3 Å². The summed E-state index contributed by atoms with van der Waals surface area (Å²) in [5.41, 5.74) is 0.682. The maximum absolute atomic E-state index is 13.0. The molecule has 0 spiro atoms. The van der Waals surface area contributed by atoms with Crippen LogP contribution >= 0.6 is 0 Å². The van der Waals surface area contributed by atoms with E-state index in [1.165, 1.54) is 5.56 Å². The molecular formula is C18H24N4O. The summed E-state index contributed by atoms with van der Waals surface area (Å²) in [6.07, 6.45) is 5.48. The van der Waals surface area contributed by atoms with E-state index < -0.39 is 5.54 Å². The van der Waals surface area contributed by atoms with Gasteiger partial charge in [0.2, 0.25) is 0 Å². The van der Waals surface area contributed by atoms with E-state index in [9.17, 15) is 4.79 Å². The Bertz CT molecular complexity index is 638. The van der Waals surface area contributed by atoms with Crippen LogP contribution in [0.25, 0.3) is 0 Å². The van der Waals surface area contributed by atoms with Crippen molar-refractivity contribution < 1.29 is 4.79 Å². The van der Waals surface area contributed by atoms with Gasteiger partial charge in [-0.1, -0.05) is 30.3 Å². The molecule has 122 valence electrons. The van der Waals surface area contributed by atoms with Crippen molar-refractivity contribution >= 4 is 5.91 Å². The van der Waals surface area contributed by atoms with Crippen LogP contribution in [0.15, 0.2) is 48.8 Å². The second-order valence-corrected chi connectivity index (χ2v) is 6.48. The lowest BCUT2D eigenvalue weighted by Crippen LogP contribution is -2.58. The number of hydrogen-bond acceptors (Lipinski definition) is 3. The molecule has 5 nitrogen and oxygen atoms in total. The fraction of sp³-hybridized carbons (Fsp3) is 0.444. The summed E-state index contributed by atoms with van der Waals surface area (Å²) in [4.78, 5) is 17.0. The number of carbonyl (C=O) groups is 1. The zero-order chi connectivity index (χ0) is 16.3. The first-order valence-corrected chi connectivity index (χ1v) is 8.10. The van der Waals surface area contributed by atoms with Crippen LogP contribution in [0.5, 0.6) is 0 Å². The predicted molar refractivity (Wildman–Crippen MR) is 89.8 cm³/mol. The molecule has 0 saturated carbocycles. The van der Waals surface area contributed by atoms with Gasteiger partial charge < -0.3 is 4.90 Å². The lowest BCUT2D eigenvalue weighted by Gasteiger charge is -2.43. The fourth-order valence-electron chi connectivity index (χ4n) is 3.50. The largest absolute Gasteiger partial charge is 0.347 e. The van der Waals surface area contributed by atoms with Crippen LogP contribution in [0.3, 0.4) is 0 Å². The SMILES string of the molecule is CN(C)C(=O)C1(n2cccn2)CCCN(Cc2ccccc2)C1. The second kappa shape index (κ2) is 6.54. The van der Waals surface area contributed by atoms with E-state index in [0.29, 0.717) is 6.54 Å². The molecule has 5 heteroatoms. The Hall–Kier alpha value is -2.14. The lowest BCUT2D eigenvalue weighted by molar-refractivity contribution is -0.142. The molecule has 3 rings (SSSR count). The topological polar surface area (TPSA) is 41.4 Å². The third kappa shape index (κ3) is 3.15. The third-order valence-corrected chi connectivity index (χ3v) is 4.55. The summed E-state index contributed by atoms with van der Waals surface area (Å²) in [6.45, 7) is 2.57. The Labute approximate surface area is 137 Å². The third-order valence-electron chi connectivity index (χ3n) is 4.55. The Morgan fingerprint density at radius 1 is 1.26 bits per heavy atom. The smallest absolute Gasteiger partial charge is 0.251 e. The van der Waals surface area contributed by atoms with Crippen LogP contribution in [-0.4, -0.2) is 52.7 Å². The van der Waals surface area contributed by atoms with Crippen molar-refractivity contribution in [2.45, 2.75) is 24.9 Å². The van der Waals surface area contributed by atoms with E-state index in [4.69, 9.17) is 0 Å². The van der Waals surface area contributed by atoms with Crippen LogP contribution in [0.1, 0.15) is 18.4 Å². The number of likely N-dealkylation sites (N-methyl/N-ethyl adjacent to an activating group) is 1. The average Bonchev–Trinajstić information content (AvgIpc) is 3.10. The number of piperidine rings is 1. The zero-order valence-corrected chi connectivity index (χ0v) is 13.9. The summed E-state index contributed by atoms with van der Waals surface area (Å²) >= 11 is 0. The fourth-order valence-corrected chi connectivity index (χ4v) is 3.50.